The molecular weight excluding hydrogens is 232 g/mol. The van der Waals surface area contributed by atoms with Crippen molar-refractivity contribution < 1.29 is 59.6 Å². The van der Waals surface area contributed by atoms with Gasteiger partial charge in [-0.2, -0.15) is 0 Å². The summed E-state index contributed by atoms with van der Waals surface area (Å²) < 4.78 is 0. The fourth-order valence-corrected chi connectivity index (χ4v) is 0.258. The number of rotatable bonds is 2. The van der Waals surface area contributed by atoms with E-state index in [4.69, 9.17) is 10.2 Å². The summed E-state index contributed by atoms with van der Waals surface area (Å²) in [4.78, 5) is 0. The van der Waals surface area contributed by atoms with E-state index in [0.717, 1.165) is 6.42 Å². The number of aliphatic hydroxyl groups is 2. The largest absolute Gasteiger partial charge is 0.368 e. The van der Waals surface area contributed by atoms with Gasteiger partial charge >= 0.3 is 0 Å². The molecule has 0 amide bonds. The first kappa shape index (κ1) is 11.3. The van der Waals surface area contributed by atoms with Crippen LogP contribution < -0.4 is 0 Å². The van der Waals surface area contributed by atoms with Crippen LogP contribution in [0.15, 0.2) is 0 Å². The van der Waals surface area contributed by atoms with Crippen LogP contribution in [0.1, 0.15) is 19.8 Å². The predicted molar refractivity (Wildman–Crippen MR) is 23.1 cm³/mol. The summed E-state index contributed by atoms with van der Waals surface area (Å²) in [7, 11) is 0. The number of aliphatic hydroxyl groups excluding tert-OH is 1. The van der Waals surface area contributed by atoms with E-state index in [2.05, 4.69) is 0 Å². The maximum absolute atomic E-state index is 8.11. The van der Waals surface area contributed by atoms with Crippen LogP contribution in [0, 0.1) is 49.4 Å². The summed E-state index contributed by atoms with van der Waals surface area (Å²) in [5, 5.41) is 16.2. The Bertz CT molecular complexity index is 30.9. The van der Waals surface area contributed by atoms with Crippen molar-refractivity contribution in [2.45, 2.75) is 26.1 Å². The van der Waals surface area contributed by atoms with Gasteiger partial charge in [-0.05, 0) is 6.42 Å². The minimum absolute atomic E-state index is 0. The van der Waals surface area contributed by atoms with Gasteiger partial charge in [-0.25, -0.2) is 0 Å². The van der Waals surface area contributed by atoms with E-state index in [-0.39, 0.29) is 49.4 Å². The van der Waals surface area contributed by atoms with Crippen LogP contribution in [0.2, 0.25) is 0 Å². The van der Waals surface area contributed by atoms with Crippen LogP contribution in [-0.2, 0) is 0 Å². The molecule has 2 N–H and O–H groups in total. The molecule has 0 atom stereocenters. The second kappa shape index (κ2) is 7.50. The van der Waals surface area contributed by atoms with E-state index in [1.165, 1.54) is 0 Å². The molecule has 2 nitrogen and oxygen atoms in total. The van der Waals surface area contributed by atoms with Crippen LogP contribution in [0.5, 0.6) is 0 Å². The van der Waals surface area contributed by atoms with Crippen molar-refractivity contribution in [2.24, 2.45) is 0 Å². The van der Waals surface area contributed by atoms with Gasteiger partial charge < -0.3 is 10.2 Å². The molecule has 0 rings (SSSR count). The van der Waals surface area contributed by atoms with E-state index < -0.39 is 6.29 Å². The first-order valence-electron chi connectivity index (χ1n) is 2.13. The molecule has 0 unspecified atom stereocenters. The smallest absolute Gasteiger partial charge is 0.151 e. The molecular formula is C4H10EuO2. The third kappa shape index (κ3) is 11.2. The zero-order valence-electron chi connectivity index (χ0n) is 4.26. The van der Waals surface area contributed by atoms with Gasteiger partial charge in [-0.3, -0.25) is 0 Å². The third-order valence-corrected chi connectivity index (χ3v) is 0.547. The molecule has 0 fully saturated rings. The molecule has 0 aliphatic rings. The summed E-state index contributed by atoms with van der Waals surface area (Å²) in [6.45, 7) is 1.90. The summed E-state index contributed by atoms with van der Waals surface area (Å²) in [6, 6.07) is 0. The van der Waals surface area contributed by atoms with Crippen LogP contribution in [0.4, 0.5) is 0 Å². The van der Waals surface area contributed by atoms with Crippen LogP contribution in [0.3, 0.4) is 0 Å². The number of hydrogen-bond donors (Lipinski definition) is 2. The van der Waals surface area contributed by atoms with E-state index in [1.807, 2.05) is 6.92 Å². The van der Waals surface area contributed by atoms with Gasteiger partial charge in [0, 0.05) is 49.4 Å². The molecule has 0 aromatic rings. The van der Waals surface area contributed by atoms with Gasteiger partial charge in [0.15, 0.2) is 6.29 Å². The van der Waals surface area contributed by atoms with Gasteiger partial charge in [-0.1, -0.05) is 13.3 Å². The van der Waals surface area contributed by atoms with Gasteiger partial charge in [0.05, 0.1) is 0 Å². The van der Waals surface area contributed by atoms with Gasteiger partial charge in [-0.15, -0.1) is 0 Å². The Labute approximate surface area is 84.5 Å². The maximum Gasteiger partial charge on any atom is 0.151 e. The van der Waals surface area contributed by atoms with Gasteiger partial charge in [0.2, 0.25) is 0 Å². The van der Waals surface area contributed by atoms with Gasteiger partial charge in [0.1, 0.15) is 0 Å². The maximum atomic E-state index is 8.11. The zero-order valence-corrected chi connectivity index (χ0v) is 6.69. The van der Waals surface area contributed by atoms with Gasteiger partial charge in [0.25, 0.3) is 0 Å². The molecule has 3 heteroatoms. The molecule has 1 radical (unpaired) electrons. The predicted octanol–water partition coefficient (Wildman–Crippen LogP) is 0.0972. The summed E-state index contributed by atoms with van der Waals surface area (Å²) in [5.41, 5.74) is 0. The van der Waals surface area contributed by atoms with Crippen molar-refractivity contribution in [3.8, 4) is 0 Å². The molecule has 0 saturated carbocycles. The molecule has 0 aliphatic carbocycles. The van der Waals surface area contributed by atoms with Crippen molar-refractivity contribution in [3.05, 3.63) is 0 Å². The van der Waals surface area contributed by atoms with Crippen molar-refractivity contribution in [1.29, 1.82) is 0 Å². The summed E-state index contributed by atoms with van der Waals surface area (Å²) in [6.07, 6.45) is 0.215. The van der Waals surface area contributed by atoms with Crippen molar-refractivity contribution in [1.82, 2.24) is 0 Å². The molecule has 7 heavy (non-hydrogen) atoms. The average Bonchev–Trinajstić information content (AvgIpc) is 1.35. The molecule has 0 heterocycles. The Kier molecular flexibility index (Phi) is 12.1. The molecule has 0 bridgehead atoms. The van der Waals surface area contributed by atoms with E-state index >= 15 is 0 Å². The quantitative estimate of drug-likeness (QED) is 0.674. The Morgan fingerprint density at radius 2 is 1.86 bits per heavy atom. The van der Waals surface area contributed by atoms with E-state index in [9.17, 15) is 0 Å². The molecule has 0 spiro atoms. The topological polar surface area (TPSA) is 40.5 Å². The molecule has 0 aliphatic heterocycles. The Balaban J connectivity index is 0. The fourth-order valence-electron chi connectivity index (χ4n) is 0.258. The van der Waals surface area contributed by atoms with E-state index in [1.54, 1.807) is 0 Å². The second-order valence-electron chi connectivity index (χ2n) is 1.27. The zero-order chi connectivity index (χ0) is 4.99. The van der Waals surface area contributed by atoms with E-state index in [0.29, 0.717) is 6.42 Å². The molecule has 0 aromatic heterocycles. The average molecular weight is 242 g/mol. The minimum atomic E-state index is -1.10. The van der Waals surface area contributed by atoms with Crippen molar-refractivity contribution in [3.63, 3.8) is 0 Å². The molecule has 0 saturated heterocycles. The standard InChI is InChI=1S/C4H10O2.Eu/c1-2-3-4(5)6;/h4-6H,2-3H2,1H3;. The monoisotopic (exact) mass is 243 g/mol. The fraction of sp³-hybridized carbons (Fsp3) is 1.00. The first-order chi connectivity index (χ1) is 2.77. The summed E-state index contributed by atoms with van der Waals surface area (Å²) in [5.74, 6) is 0. The molecule has 0 aromatic carbocycles. The normalized spacial score (nSPS) is 8.57. The van der Waals surface area contributed by atoms with Crippen LogP contribution >= 0.6 is 0 Å². The van der Waals surface area contributed by atoms with Crippen molar-refractivity contribution >= 4 is 0 Å². The minimum Gasteiger partial charge on any atom is -0.368 e. The first-order valence-corrected chi connectivity index (χ1v) is 2.13. The van der Waals surface area contributed by atoms with Crippen LogP contribution in [-0.4, -0.2) is 16.5 Å². The SMILES string of the molecule is CCCC(O)O.[Eu]. The number of hydrogen-bond acceptors (Lipinski definition) is 2. The summed E-state index contributed by atoms with van der Waals surface area (Å²) >= 11 is 0. The third-order valence-electron chi connectivity index (χ3n) is 0.547. The second-order valence-corrected chi connectivity index (χ2v) is 1.27. The molecule has 45 valence electrons. The Morgan fingerprint density at radius 3 is 1.86 bits per heavy atom. The Hall–Kier alpha value is 1.50. The van der Waals surface area contributed by atoms with Crippen LogP contribution in [0.25, 0.3) is 0 Å². The van der Waals surface area contributed by atoms with Crippen molar-refractivity contribution in [2.75, 3.05) is 0 Å². The Morgan fingerprint density at radius 1 is 1.43 bits per heavy atom.